The van der Waals surface area contributed by atoms with Crippen LogP contribution in [0.5, 0.6) is 5.75 Å². The third-order valence-electron chi connectivity index (χ3n) is 4.59. The van der Waals surface area contributed by atoms with Gasteiger partial charge >= 0.3 is 6.03 Å². The van der Waals surface area contributed by atoms with Gasteiger partial charge in [-0.2, -0.15) is 0 Å². The van der Waals surface area contributed by atoms with Crippen LogP contribution >= 0.6 is 0 Å². The van der Waals surface area contributed by atoms with E-state index in [1.807, 2.05) is 32.0 Å². The smallest absolute Gasteiger partial charge is 0.317 e. The maximum atomic E-state index is 12.2. The number of hydrogen-bond acceptors (Lipinski definition) is 3. The van der Waals surface area contributed by atoms with Crippen molar-refractivity contribution in [1.82, 2.24) is 15.1 Å². The van der Waals surface area contributed by atoms with Crippen LogP contribution in [0.2, 0.25) is 0 Å². The maximum Gasteiger partial charge on any atom is 0.317 e. The van der Waals surface area contributed by atoms with Crippen LogP contribution in [0.1, 0.15) is 30.4 Å². The summed E-state index contributed by atoms with van der Waals surface area (Å²) >= 11 is 0. The monoisotopic (exact) mass is 347 g/mol. The molecule has 138 valence electrons. The third-order valence-corrected chi connectivity index (χ3v) is 4.59. The number of nitrogens with zero attached hydrogens (tertiary/aromatic N) is 2. The molecule has 0 aliphatic carbocycles. The van der Waals surface area contributed by atoms with Crippen molar-refractivity contribution in [3.63, 3.8) is 0 Å². The van der Waals surface area contributed by atoms with Gasteiger partial charge in [0.1, 0.15) is 5.75 Å². The molecule has 25 heavy (non-hydrogen) atoms. The van der Waals surface area contributed by atoms with E-state index in [1.165, 1.54) is 0 Å². The zero-order valence-electron chi connectivity index (χ0n) is 15.7. The second-order valence-electron chi connectivity index (χ2n) is 6.80. The summed E-state index contributed by atoms with van der Waals surface area (Å²) in [6, 6.07) is 6.02. The normalized spacial score (nSPS) is 17.4. The van der Waals surface area contributed by atoms with Gasteiger partial charge in [-0.15, -0.1) is 0 Å². The molecule has 3 amide bonds. The Bertz CT molecular complexity index is 598. The molecule has 1 aromatic carbocycles. The number of urea groups is 1. The van der Waals surface area contributed by atoms with E-state index < -0.39 is 0 Å². The predicted molar refractivity (Wildman–Crippen MR) is 97.8 cm³/mol. The quantitative estimate of drug-likeness (QED) is 0.804. The summed E-state index contributed by atoms with van der Waals surface area (Å²) in [4.78, 5) is 27.1. The lowest BCUT2D eigenvalue weighted by molar-refractivity contribution is -0.132. The van der Waals surface area contributed by atoms with Gasteiger partial charge in [0, 0.05) is 39.6 Å². The number of likely N-dealkylation sites (N-methyl/N-ethyl adjacent to an activating group) is 1. The van der Waals surface area contributed by atoms with E-state index in [2.05, 4.69) is 5.32 Å². The largest absolute Gasteiger partial charge is 0.493 e. The molecule has 1 heterocycles. The number of para-hydroxylation sites is 1. The standard InChI is InChI=1S/C19H29N3O3/c1-14-7-5-8-15(2)18(14)25-12-6-11-21(3)19(24)20-16-9-10-17(23)22(4)13-16/h5,7-8,16H,6,9-13H2,1-4H3,(H,20,24)/t16-/m0/s1. The van der Waals surface area contributed by atoms with Crippen molar-refractivity contribution in [3.05, 3.63) is 29.3 Å². The molecule has 0 spiro atoms. The fourth-order valence-corrected chi connectivity index (χ4v) is 3.02. The number of carbonyl (C=O) groups excluding carboxylic acids is 2. The predicted octanol–water partition coefficient (Wildman–Crippen LogP) is 2.33. The van der Waals surface area contributed by atoms with Crippen LogP contribution in [0.3, 0.4) is 0 Å². The van der Waals surface area contributed by atoms with E-state index in [0.29, 0.717) is 32.5 Å². The molecule has 2 rings (SSSR count). The first-order chi connectivity index (χ1) is 11.9. The third kappa shape index (κ3) is 5.37. The highest BCUT2D eigenvalue weighted by Crippen LogP contribution is 2.22. The number of ether oxygens (including phenoxy) is 1. The Balaban J connectivity index is 1.70. The zero-order valence-corrected chi connectivity index (χ0v) is 15.7. The Morgan fingerprint density at radius 2 is 2.04 bits per heavy atom. The van der Waals surface area contributed by atoms with Gasteiger partial charge in [0.15, 0.2) is 0 Å². The molecule has 0 saturated carbocycles. The lowest BCUT2D eigenvalue weighted by atomic mass is 10.1. The molecule has 1 aromatic rings. The molecule has 1 aliphatic heterocycles. The van der Waals surface area contributed by atoms with Gasteiger partial charge in [-0.1, -0.05) is 18.2 Å². The highest BCUT2D eigenvalue weighted by Gasteiger charge is 2.24. The molecule has 1 atom stereocenters. The molecule has 0 aromatic heterocycles. The minimum absolute atomic E-state index is 0.0310. The molecule has 1 aliphatic rings. The van der Waals surface area contributed by atoms with E-state index in [4.69, 9.17) is 4.74 Å². The lowest BCUT2D eigenvalue weighted by Gasteiger charge is -2.31. The molecule has 6 heteroatoms. The molecule has 0 bridgehead atoms. The average Bonchev–Trinajstić information content (AvgIpc) is 2.56. The summed E-state index contributed by atoms with van der Waals surface area (Å²) in [6.45, 7) is 5.85. The summed E-state index contributed by atoms with van der Waals surface area (Å²) in [5, 5.41) is 3.00. The van der Waals surface area contributed by atoms with E-state index in [0.717, 1.165) is 23.3 Å². The summed E-state index contributed by atoms with van der Waals surface area (Å²) in [5.41, 5.74) is 2.25. The fraction of sp³-hybridized carbons (Fsp3) is 0.579. The van der Waals surface area contributed by atoms with Crippen LogP contribution in [0, 0.1) is 13.8 Å². The number of carbonyl (C=O) groups is 2. The number of likely N-dealkylation sites (tertiary alicyclic amines) is 1. The molecule has 6 nitrogen and oxygen atoms in total. The zero-order chi connectivity index (χ0) is 18.4. The van der Waals surface area contributed by atoms with E-state index in [-0.39, 0.29) is 18.0 Å². The molecule has 0 radical (unpaired) electrons. The number of aryl methyl sites for hydroxylation is 2. The number of nitrogens with one attached hydrogen (secondary N) is 1. The van der Waals surface area contributed by atoms with E-state index in [1.54, 1.807) is 23.9 Å². The minimum Gasteiger partial charge on any atom is -0.493 e. The molecule has 0 unspecified atom stereocenters. The Labute approximate surface area is 150 Å². The number of amides is 3. The number of hydrogen-bond donors (Lipinski definition) is 1. The van der Waals surface area contributed by atoms with E-state index >= 15 is 0 Å². The molecular formula is C19H29N3O3. The number of benzene rings is 1. The van der Waals surface area contributed by atoms with Crippen LogP contribution in [-0.2, 0) is 4.79 Å². The van der Waals surface area contributed by atoms with Gasteiger partial charge in [0.2, 0.25) is 5.91 Å². The van der Waals surface area contributed by atoms with Crippen molar-refractivity contribution in [1.29, 1.82) is 0 Å². The number of rotatable bonds is 6. The van der Waals surface area contributed by atoms with Gasteiger partial charge in [0.25, 0.3) is 0 Å². The first-order valence-electron chi connectivity index (χ1n) is 8.83. The molecular weight excluding hydrogens is 318 g/mol. The summed E-state index contributed by atoms with van der Waals surface area (Å²) in [5.74, 6) is 1.08. The van der Waals surface area contributed by atoms with Crippen molar-refractivity contribution in [2.24, 2.45) is 0 Å². The lowest BCUT2D eigenvalue weighted by Crippen LogP contribution is -2.51. The average molecular weight is 347 g/mol. The minimum atomic E-state index is -0.0974. The van der Waals surface area contributed by atoms with Crippen molar-refractivity contribution in [3.8, 4) is 5.75 Å². The molecule has 1 saturated heterocycles. The van der Waals surface area contributed by atoms with Gasteiger partial charge in [0.05, 0.1) is 6.61 Å². The van der Waals surface area contributed by atoms with Crippen LogP contribution in [0.25, 0.3) is 0 Å². The van der Waals surface area contributed by atoms with Crippen molar-refractivity contribution in [2.75, 3.05) is 33.8 Å². The van der Waals surface area contributed by atoms with Crippen LogP contribution in [0.15, 0.2) is 18.2 Å². The van der Waals surface area contributed by atoms with Crippen LogP contribution in [0.4, 0.5) is 4.79 Å². The fourth-order valence-electron chi connectivity index (χ4n) is 3.02. The Morgan fingerprint density at radius 1 is 1.36 bits per heavy atom. The second-order valence-corrected chi connectivity index (χ2v) is 6.80. The first kappa shape index (κ1) is 19.1. The second kappa shape index (κ2) is 8.74. The van der Waals surface area contributed by atoms with Gasteiger partial charge < -0.3 is 19.9 Å². The summed E-state index contributed by atoms with van der Waals surface area (Å²) < 4.78 is 5.87. The van der Waals surface area contributed by atoms with Gasteiger partial charge in [-0.25, -0.2) is 4.79 Å². The molecule has 1 N–H and O–H groups in total. The van der Waals surface area contributed by atoms with Gasteiger partial charge in [-0.3, -0.25) is 4.79 Å². The van der Waals surface area contributed by atoms with Crippen LogP contribution < -0.4 is 10.1 Å². The first-order valence-corrected chi connectivity index (χ1v) is 8.83. The Morgan fingerprint density at radius 3 is 2.68 bits per heavy atom. The van der Waals surface area contributed by atoms with Crippen LogP contribution in [-0.4, -0.2) is 61.6 Å². The van der Waals surface area contributed by atoms with Crippen molar-refractivity contribution >= 4 is 11.9 Å². The van der Waals surface area contributed by atoms with Crippen molar-refractivity contribution < 1.29 is 14.3 Å². The highest BCUT2D eigenvalue weighted by molar-refractivity contribution is 5.78. The topological polar surface area (TPSA) is 61.9 Å². The van der Waals surface area contributed by atoms with E-state index in [9.17, 15) is 9.59 Å². The number of piperidine rings is 1. The van der Waals surface area contributed by atoms with Crippen molar-refractivity contribution in [2.45, 2.75) is 39.2 Å². The van der Waals surface area contributed by atoms with Gasteiger partial charge in [-0.05, 0) is 37.8 Å². The summed E-state index contributed by atoms with van der Waals surface area (Å²) in [6.07, 6.45) is 1.97. The summed E-state index contributed by atoms with van der Waals surface area (Å²) in [7, 11) is 3.56. The highest BCUT2D eigenvalue weighted by atomic mass is 16.5. The molecule has 1 fully saturated rings. The Hall–Kier alpha value is -2.24. The maximum absolute atomic E-state index is 12.2. The Kier molecular flexibility index (Phi) is 6.67. The SMILES string of the molecule is Cc1cccc(C)c1OCCCN(C)C(=O)N[C@H]1CCC(=O)N(C)C1.